The number of carbonyl (C=O) groups is 1. The lowest BCUT2D eigenvalue weighted by Crippen LogP contribution is -2.07. The van der Waals surface area contributed by atoms with Gasteiger partial charge in [0.15, 0.2) is 0 Å². The van der Waals surface area contributed by atoms with E-state index in [1.807, 2.05) is 13.8 Å². The Morgan fingerprint density at radius 1 is 1.23 bits per heavy atom. The summed E-state index contributed by atoms with van der Waals surface area (Å²) in [5.74, 6) is 0.520. The fraction of sp³-hybridized carbons (Fsp3) is 0.278. The van der Waals surface area contributed by atoms with Crippen LogP contribution in [0, 0.1) is 10.1 Å². The van der Waals surface area contributed by atoms with Gasteiger partial charge in [-0.1, -0.05) is 32.4 Å². The van der Waals surface area contributed by atoms with Crippen molar-refractivity contribution < 1.29 is 19.2 Å². The molecule has 0 atom stereocenters. The van der Waals surface area contributed by atoms with Crippen LogP contribution in [0.15, 0.2) is 34.8 Å². The average molecular weight is 443 g/mol. The Kier molecular flexibility index (Phi) is 6.61. The van der Waals surface area contributed by atoms with Crippen molar-refractivity contribution >= 4 is 39.2 Å². The minimum absolute atomic E-state index is 0.00556. The summed E-state index contributed by atoms with van der Waals surface area (Å²) >= 11 is 9.29. The van der Waals surface area contributed by atoms with E-state index in [9.17, 15) is 14.9 Å². The van der Waals surface area contributed by atoms with Gasteiger partial charge in [-0.25, -0.2) is 0 Å². The standard InChI is InChI=1S/C18H17BrClNO5/c1-4-16(22)26-15-8-7-14(17(10(2)3)18(15)19)25-13-6-5-11(20)9-12(13)21(23)24/h5-10H,4H2,1-3H3. The Morgan fingerprint density at radius 3 is 2.42 bits per heavy atom. The van der Waals surface area contributed by atoms with Crippen LogP contribution in [0.1, 0.15) is 38.7 Å². The molecular formula is C18H17BrClNO5. The molecule has 0 bridgehead atoms. The molecule has 6 nitrogen and oxygen atoms in total. The minimum atomic E-state index is -0.553. The molecule has 0 unspecified atom stereocenters. The number of ether oxygens (including phenoxy) is 2. The number of hydrogen-bond acceptors (Lipinski definition) is 5. The summed E-state index contributed by atoms with van der Waals surface area (Å²) < 4.78 is 11.7. The largest absolute Gasteiger partial charge is 0.450 e. The van der Waals surface area contributed by atoms with Crippen LogP contribution < -0.4 is 9.47 Å². The van der Waals surface area contributed by atoms with Gasteiger partial charge in [-0.3, -0.25) is 14.9 Å². The molecule has 2 rings (SSSR count). The molecule has 2 aromatic carbocycles. The van der Waals surface area contributed by atoms with Gasteiger partial charge >= 0.3 is 11.7 Å². The highest BCUT2D eigenvalue weighted by Crippen LogP contribution is 2.43. The van der Waals surface area contributed by atoms with Crippen molar-refractivity contribution in [3.05, 3.63) is 55.5 Å². The Hall–Kier alpha value is -2.12. The molecule has 2 aromatic rings. The number of hydrogen-bond donors (Lipinski definition) is 0. The fourth-order valence-electron chi connectivity index (χ4n) is 2.29. The van der Waals surface area contributed by atoms with E-state index in [-0.39, 0.29) is 34.8 Å². The van der Waals surface area contributed by atoms with E-state index < -0.39 is 4.92 Å². The third-order valence-corrected chi connectivity index (χ3v) is 4.58. The number of benzene rings is 2. The highest BCUT2D eigenvalue weighted by atomic mass is 79.9. The second kappa shape index (κ2) is 8.51. The fourth-order valence-corrected chi connectivity index (χ4v) is 3.33. The molecule has 0 aliphatic heterocycles. The SMILES string of the molecule is CCC(=O)Oc1ccc(Oc2ccc(Cl)cc2[N+](=O)[O-])c(C(C)C)c1Br. The third kappa shape index (κ3) is 4.53. The van der Waals surface area contributed by atoms with Gasteiger partial charge in [0.1, 0.15) is 11.5 Å². The summed E-state index contributed by atoms with van der Waals surface area (Å²) in [5.41, 5.74) is 0.500. The number of nitro groups is 1. The van der Waals surface area contributed by atoms with E-state index in [4.69, 9.17) is 21.1 Å². The molecule has 0 radical (unpaired) electrons. The topological polar surface area (TPSA) is 78.7 Å². The van der Waals surface area contributed by atoms with Gasteiger partial charge in [-0.2, -0.15) is 0 Å². The van der Waals surface area contributed by atoms with Crippen molar-refractivity contribution in [1.29, 1.82) is 0 Å². The molecule has 138 valence electrons. The van der Waals surface area contributed by atoms with Gasteiger partial charge in [0.2, 0.25) is 5.75 Å². The molecular weight excluding hydrogens is 426 g/mol. The molecule has 0 spiro atoms. The van der Waals surface area contributed by atoms with E-state index in [1.165, 1.54) is 18.2 Å². The first-order valence-electron chi connectivity index (χ1n) is 7.89. The molecule has 0 amide bonds. The van der Waals surface area contributed by atoms with Gasteiger partial charge in [0.25, 0.3) is 0 Å². The van der Waals surface area contributed by atoms with Gasteiger partial charge in [-0.05, 0) is 46.1 Å². The number of rotatable bonds is 6. The van der Waals surface area contributed by atoms with Crippen molar-refractivity contribution in [2.24, 2.45) is 0 Å². The zero-order valence-corrected chi connectivity index (χ0v) is 16.8. The molecule has 0 saturated carbocycles. The lowest BCUT2D eigenvalue weighted by Gasteiger charge is -2.18. The smallest absolute Gasteiger partial charge is 0.313 e. The van der Waals surface area contributed by atoms with Crippen LogP contribution in [0.4, 0.5) is 5.69 Å². The number of halogens is 2. The third-order valence-electron chi connectivity index (χ3n) is 3.53. The van der Waals surface area contributed by atoms with E-state index in [0.717, 1.165) is 5.56 Å². The van der Waals surface area contributed by atoms with Gasteiger partial charge in [0, 0.05) is 23.1 Å². The highest BCUT2D eigenvalue weighted by molar-refractivity contribution is 9.10. The Bertz CT molecular complexity index is 854. The first-order valence-corrected chi connectivity index (χ1v) is 9.06. The van der Waals surface area contributed by atoms with Crippen molar-refractivity contribution in [3.63, 3.8) is 0 Å². The van der Waals surface area contributed by atoms with Crippen molar-refractivity contribution in [2.75, 3.05) is 0 Å². The molecule has 26 heavy (non-hydrogen) atoms. The lowest BCUT2D eigenvalue weighted by atomic mass is 10.0. The molecule has 0 saturated heterocycles. The summed E-state index contributed by atoms with van der Waals surface area (Å²) in [6.45, 7) is 5.58. The summed E-state index contributed by atoms with van der Waals surface area (Å²) in [6, 6.07) is 7.41. The second-order valence-electron chi connectivity index (χ2n) is 5.74. The second-order valence-corrected chi connectivity index (χ2v) is 6.97. The Morgan fingerprint density at radius 2 is 1.85 bits per heavy atom. The van der Waals surface area contributed by atoms with Crippen LogP contribution in [0.5, 0.6) is 17.2 Å². The Balaban J connectivity index is 2.49. The maximum absolute atomic E-state index is 11.6. The first kappa shape index (κ1) is 20.2. The number of nitro benzene ring substituents is 1. The monoisotopic (exact) mass is 441 g/mol. The maximum Gasteiger partial charge on any atom is 0.313 e. The number of carbonyl (C=O) groups excluding carboxylic acids is 1. The van der Waals surface area contributed by atoms with Crippen LogP contribution in [-0.2, 0) is 4.79 Å². The summed E-state index contributed by atoms with van der Waals surface area (Å²) in [4.78, 5) is 22.3. The van der Waals surface area contributed by atoms with Crippen molar-refractivity contribution in [2.45, 2.75) is 33.1 Å². The molecule has 0 aromatic heterocycles. The highest BCUT2D eigenvalue weighted by Gasteiger charge is 2.22. The van der Waals surface area contributed by atoms with Crippen LogP contribution in [0.3, 0.4) is 0 Å². The zero-order chi connectivity index (χ0) is 19.4. The van der Waals surface area contributed by atoms with Crippen LogP contribution in [0.2, 0.25) is 5.02 Å². The molecule has 0 aliphatic rings. The van der Waals surface area contributed by atoms with E-state index >= 15 is 0 Å². The van der Waals surface area contributed by atoms with Crippen LogP contribution in [-0.4, -0.2) is 10.9 Å². The predicted octanol–water partition coefficient (Wildman–Crippen LogP) is 6.24. The lowest BCUT2D eigenvalue weighted by molar-refractivity contribution is -0.385. The molecule has 0 heterocycles. The maximum atomic E-state index is 11.6. The minimum Gasteiger partial charge on any atom is -0.450 e. The predicted molar refractivity (Wildman–Crippen MR) is 102 cm³/mol. The normalized spacial score (nSPS) is 10.7. The molecule has 8 heteroatoms. The molecule has 0 fully saturated rings. The zero-order valence-electron chi connectivity index (χ0n) is 14.4. The van der Waals surface area contributed by atoms with Gasteiger partial charge < -0.3 is 9.47 Å². The van der Waals surface area contributed by atoms with Crippen molar-refractivity contribution in [1.82, 2.24) is 0 Å². The van der Waals surface area contributed by atoms with E-state index in [0.29, 0.717) is 16.0 Å². The summed E-state index contributed by atoms with van der Waals surface area (Å²) in [7, 11) is 0. The van der Waals surface area contributed by atoms with Crippen LogP contribution in [0.25, 0.3) is 0 Å². The van der Waals surface area contributed by atoms with E-state index in [1.54, 1.807) is 19.1 Å². The molecule has 0 N–H and O–H groups in total. The quantitative estimate of drug-likeness (QED) is 0.229. The Labute approximate surface area is 164 Å². The van der Waals surface area contributed by atoms with E-state index in [2.05, 4.69) is 15.9 Å². The molecule has 0 aliphatic carbocycles. The van der Waals surface area contributed by atoms with Gasteiger partial charge in [0.05, 0.1) is 9.40 Å². The number of nitrogens with zero attached hydrogens (tertiary/aromatic N) is 1. The average Bonchev–Trinajstić information content (AvgIpc) is 2.58. The number of esters is 1. The van der Waals surface area contributed by atoms with Crippen LogP contribution >= 0.6 is 27.5 Å². The first-order chi connectivity index (χ1) is 12.2. The summed E-state index contributed by atoms with van der Waals surface area (Å²) in [6.07, 6.45) is 0.249. The van der Waals surface area contributed by atoms with Crippen molar-refractivity contribution in [3.8, 4) is 17.2 Å². The summed E-state index contributed by atoms with van der Waals surface area (Å²) in [5, 5.41) is 11.5. The van der Waals surface area contributed by atoms with Gasteiger partial charge in [-0.15, -0.1) is 0 Å².